The third kappa shape index (κ3) is 2.75. The van der Waals surface area contributed by atoms with Crippen LogP contribution in [-0.4, -0.2) is 16.5 Å². The minimum atomic E-state index is 0.769. The molecular formula is C12H13Br2N3S. The predicted molar refractivity (Wildman–Crippen MR) is 84.4 cm³/mol. The van der Waals surface area contributed by atoms with Crippen molar-refractivity contribution >= 4 is 49.0 Å². The summed E-state index contributed by atoms with van der Waals surface area (Å²) >= 11 is 8.61. The second-order valence-corrected chi connectivity index (χ2v) is 7.09. The Hall–Kier alpha value is -0.460. The number of hydrogen-bond acceptors (Lipinski definition) is 4. The van der Waals surface area contributed by atoms with Gasteiger partial charge in [-0.3, -0.25) is 0 Å². The van der Waals surface area contributed by atoms with Gasteiger partial charge in [0.2, 0.25) is 0 Å². The highest BCUT2D eigenvalue weighted by atomic mass is 79.9. The molecule has 0 saturated carbocycles. The van der Waals surface area contributed by atoms with Crippen molar-refractivity contribution in [1.29, 1.82) is 0 Å². The van der Waals surface area contributed by atoms with Gasteiger partial charge in [-0.05, 0) is 58.7 Å². The molecular weight excluding hydrogens is 378 g/mol. The van der Waals surface area contributed by atoms with Crippen LogP contribution in [0, 0.1) is 13.8 Å². The van der Waals surface area contributed by atoms with Crippen LogP contribution in [0.1, 0.15) is 18.2 Å². The van der Waals surface area contributed by atoms with Crippen molar-refractivity contribution in [2.24, 2.45) is 0 Å². The zero-order valence-corrected chi connectivity index (χ0v) is 14.3. The van der Waals surface area contributed by atoms with Gasteiger partial charge in [0.25, 0.3) is 0 Å². The van der Waals surface area contributed by atoms with Crippen LogP contribution < -0.4 is 5.32 Å². The average Bonchev–Trinajstić information content (AvgIpc) is 2.65. The van der Waals surface area contributed by atoms with E-state index in [1.54, 1.807) is 11.3 Å². The Morgan fingerprint density at radius 1 is 1.28 bits per heavy atom. The Morgan fingerprint density at radius 3 is 2.56 bits per heavy atom. The van der Waals surface area contributed by atoms with Crippen LogP contribution in [0.5, 0.6) is 0 Å². The Kier molecular flexibility index (Phi) is 4.40. The largest absolute Gasteiger partial charge is 0.370 e. The molecule has 1 N–H and O–H groups in total. The summed E-state index contributed by atoms with van der Waals surface area (Å²) in [6.07, 6.45) is 0. The minimum absolute atomic E-state index is 0.769. The Labute approximate surface area is 127 Å². The van der Waals surface area contributed by atoms with Gasteiger partial charge < -0.3 is 5.32 Å². The number of anilines is 1. The van der Waals surface area contributed by atoms with Crippen LogP contribution >= 0.6 is 43.2 Å². The van der Waals surface area contributed by atoms with E-state index in [1.807, 2.05) is 19.9 Å². The van der Waals surface area contributed by atoms with Crippen molar-refractivity contribution in [3.8, 4) is 10.7 Å². The van der Waals surface area contributed by atoms with E-state index in [2.05, 4.69) is 54.1 Å². The molecule has 0 fully saturated rings. The van der Waals surface area contributed by atoms with Gasteiger partial charge in [-0.1, -0.05) is 0 Å². The fourth-order valence-electron chi connectivity index (χ4n) is 1.54. The normalized spacial score (nSPS) is 10.7. The molecule has 18 heavy (non-hydrogen) atoms. The van der Waals surface area contributed by atoms with E-state index in [0.717, 1.165) is 42.6 Å². The second-order valence-electron chi connectivity index (χ2n) is 3.87. The summed E-state index contributed by atoms with van der Waals surface area (Å²) < 4.78 is 2.10. The molecule has 2 heterocycles. The highest BCUT2D eigenvalue weighted by molar-refractivity contribution is 9.13. The third-order valence-electron chi connectivity index (χ3n) is 2.60. The number of aryl methyl sites for hydroxylation is 1. The summed E-state index contributed by atoms with van der Waals surface area (Å²) in [6.45, 7) is 6.97. The summed E-state index contributed by atoms with van der Waals surface area (Å²) in [5, 5.41) is 3.28. The van der Waals surface area contributed by atoms with E-state index >= 15 is 0 Å². The van der Waals surface area contributed by atoms with Crippen LogP contribution in [0.25, 0.3) is 10.7 Å². The first kappa shape index (κ1) is 14.0. The molecule has 0 aromatic carbocycles. The smallest absolute Gasteiger partial charge is 0.171 e. The van der Waals surface area contributed by atoms with Gasteiger partial charge in [0.15, 0.2) is 5.82 Å². The van der Waals surface area contributed by atoms with Crippen LogP contribution in [0.3, 0.4) is 0 Å². The number of aromatic nitrogens is 2. The topological polar surface area (TPSA) is 37.8 Å². The van der Waals surface area contributed by atoms with E-state index in [-0.39, 0.29) is 0 Å². The molecule has 0 unspecified atom stereocenters. The lowest BCUT2D eigenvalue weighted by Crippen LogP contribution is -2.05. The van der Waals surface area contributed by atoms with Crippen molar-refractivity contribution in [2.45, 2.75) is 20.8 Å². The minimum Gasteiger partial charge on any atom is -0.370 e. The lowest BCUT2D eigenvalue weighted by Gasteiger charge is -2.10. The molecule has 0 atom stereocenters. The molecule has 0 radical (unpaired) electrons. The van der Waals surface area contributed by atoms with Crippen LogP contribution in [0.15, 0.2) is 14.3 Å². The molecule has 0 bridgehead atoms. The number of nitrogens with one attached hydrogen (secondary N) is 1. The monoisotopic (exact) mass is 389 g/mol. The molecule has 96 valence electrons. The van der Waals surface area contributed by atoms with Crippen molar-refractivity contribution in [3.63, 3.8) is 0 Å². The maximum atomic E-state index is 4.59. The molecule has 0 amide bonds. The molecule has 0 aliphatic heterocycles. The summed E-state index contributed by atoms with van der Waals surface area (Å²) in [6, 6.07) is 2.04. The lowest BCUT2D eigenvalue weighted by atomic mass is 10.2. The highest BCUT2D eigenvalue weighted by Gasteiger charge is 2.12. The molecule has 2 rings (SSSR count). The van der Waals surface area contributed by atoms with Crippen LogP contribution in [-0.2, 0) is 0 Å². The molecule has 2 aromatic rings. The molecule has 0 aliphatic rings. The molecule has 2 aromatic heterocycles. The summed E-state index contributed by atoms with van der Waals surface area (Å²) in [4.78, 5) is 10.2. The fourth-order valence-corrected chi connectivity index (χ4v) is 3.51. The van der Waals surface area contributed by atoms with Gasteiger partial charge in [0.05, 0.1) is 8.66 Å². The number of rotatable bonds is 3. The maximum absolute atomic E-state index is 4.59. The van der Waals surface area contributed by atoms with Crippen molar-refractivity contribution in [2.75, 3.05) is 11.9 Å². The quantitative estimate of drug-likeness (QED) is 0.819. The first-order valence-corrected chi connectivity index (χ1v) is 7.97. The zero-order valence-electron chi connectivity index (χ0n) is 10.3. The van der Waals surface area contributed by atoms with Gasteiger partial charge in [-0.2, -0.15) is 0 Å². The zero-order chi connectivity index (χ0) is 13.3. The first-order chi connectivity index (χ1) is 8.52. The number of halogens is 2. The van der Waals surface area contributed by atoms with Crippen LogP contribution in [0.2, 0.25) is 0 Å². The number of thiophene rings is 1. The number of hydrogen-bond donors (Lipinski definition) is 1. The Morgan fingerprint density at radius 2 is 2.00 bits per heavy atom. The van der Waals surface area contributed by atoms with Crippen molar-refractivity contribution < 1.29 is 0 Å². The molecule has 6 heteroatoms. The van der Waals surface area contributed by atoms with E-state index in [1.165, 1.54) is 0 Å². The van der Waals surface area contributed by atoms with Gasteiger partial charge in [-0.15, -0.1) is 11.3 Å². The second kappa shape index (κ2) is 5.67. The first-order valence-electron chi connectivity index (χ1n) is 5.57. The van der Waals surface area contributed by atoms with E-state index < -0.39 is 0 Å². The van der Waals surface area contributed by atoms with E-state index in [9.17, 15) is 0 Å². The summed E-state index contributed by atoms with van der Waals surface area (Å²) in [5.41, 5.74) is 2.12. The van der Waals surface area contributed by atoms with E-state index in [0.29, 0.717) is 0 Å². The fraction of sp³-hybridized carbons (Fsp3) is 0.333. The number of nitrogens with zero attached hydrogens (tertiary/aromatic N) is 2. The standard InChI is InChI=1S/C12H13Br2N3S/c1-4-15-11-6(2)7(3)16-12(17-11)9-5-8(13)10(14)18-9/h5H,4H2,1-3H3,(H,15,16,17). The molecule has 3 nitrogen and oxygen atoms in total. The van der Waals surface area contributed by atoms with Crippen LogP contribution in [0.4, 0.5) is 5.82 Å². The predicted octanol–water partition coefficient (Wildman–Crippen LogP) is 4.78. The lowest BCUT2D eigenvalue weighted by molar-refractivity contribution is 1.05. The van der Waals surface area contributed by atoms with Crippen molar-refractivity contribution in [3.05, 3.63) is 25.6 Å². The maximum Gasteiger partial charge on any atom is 0.171 e. The highest BCUT2D eigenvalue weighted by Crippen LogP contribution is 2.37. The third-order valence-corrected chi connectivity index (χ3v) is 5.85. The molecule has 0 aliphatic carbocycles. The molecule has 0 saturated heterocycles. The summed E-state index contributed by atoms with van der Waals surface area (Å²) in [5.74, 6) is 1.69. The van der Waals surface area contributed by atoms with E-state index in [4.69, 9.17) is 0 Å². The van der Waals surface area contributed by atoms with Gasteiger partial charge >= 0.3 is 0 Å². The van der Waals surface area contributed by atoms with Gasteiger partial charge in [0, 0.05) is 22.3 Å². The average molecular weight is 391 g/mol. The Bertz CT molecular complexity index is 561. The SMILES string of the molecule is CCNc1nc(-c2cc(Br)c(Br)s2)nc(C)c1C. The summed E-state index contributed by atoms with van der Waals surface area (Å²) in [7, 11) is 0. The van der Waals surface area contributed by atoms with Gasteiger partial charge in [-0.25, -0.2) is 9.97 Å². The van der Waals surface area contributed by atoms with Crippen molar-refractivity contribution in [1.82, 2.24) is 9.97 Å². The Balaban J connectivity index is 2.51. The molecule has 0 spiro atoms. The van der Waals surface area contributed by atoms with Gasteiger partial charge in [0.1, 0.15) is 5.82 Å².